The summed E-state index contributed by atoms with van der Waals surface area (Å²) >= 11 is 0. The minimum absolute atomic E-state index is 0.665. The zero-order valence-corrected chi connectivity index (χ0v) is 12.5. The van der Waals surface area contributed by atoms with Gasteiger partial charge in [0.1, 0.15) is 5.82 Å². The number of aromatic nitrogens is 2. The summed E-state index contributed by atoms with van der Waals surface area (Å²) in [4.78, 5) is 6.55. The average molecular weight is 285 g/mol. The predicted molar refractivity (Wildman–Crippen MR) is 89.3 cm³/mol. The van der Waals surface area contributed by atoms with Crippen LogP contribution in [0.3, 0.4) is 0 Å². The lowest BCUT2D eigenvalue weighted by Crippen LogP contribution is -2.28. The molecule has 3 N–H and O–H groups in total. The van der Waals surface area contributed by atoms with Crippen LogP contribution >= 0.6 is 0 Å². The van der Waals surface area contributed by atoms with Gasteiger partial charge in [0.05, 0.1) is 6.54 Å². The Hall–Kier alpha value is -2.27. The highest BCUT2D eigenvalue weighted by Crippen LogP contribution is 2.18. The fraction of sp³-hybridized carbons (Fsp3) is 0.312. The molecule has 0 aliphatic heterocycles. The molecule has 2 aromatic rings. The first-order valence-corrected chi connectivity index (χ1v) is 7.21. The number of benzene rings is 1. The van der Waals surface area contributed by atoms with Gasteiger partial charge in [0, 0.05) is 49.6 Å². The van der Waals surface area contributed by atoms with Crippen LogP contribution in [0.5, 0.6) is 0 Å². The molecule has 0 saturated heterocycles. The zero-order valence-electron chi connectivity index (χ0n) is 12.5. The summed E-state index contributed by atoms with van der Waals surface area (Å²) in [6.45, 7) is 9.06. The van der Waals surface area contributed by atoms with Gasteiger partial charge in [-0.2, -0.15) is 0 Å². The lowest BCUT2D eigenvalue weighted by Gasteiger charge is -2.22. The number of likely N-dealkylation sites (N-methyl/N-ethyl adjacent to an activating group) is 1. The number of nitrogens with two attached hydrogens (primary N) is 1. The summed E-state index contributed by atoms with van der Waals surface area (Å²) in [7, 11) is 0. The maximum atomic E-state index is 5.63. The second-order valence-corrected chi connectivity index (χ2v) is 4.70. The van der Waals surface area contributed by atoms with Crippen molar-refractivity contribution < 1.29 is 0 Å². The number of rotatable bonds is 8. The monoisotopic (exact) mass is 285 g/mol. The number of anilines is 2. The predicted octanol–water partition coefficient (Wildman–Crippen LogP) is 2.38. The van der Waals surface area contributed by atoms with Gasteiger partial charge >= 0.3 is 0 Å². The van der Waals surface area contributed by atoms with E-state index in [4.69, 9.17) is 5.73 Å². The minimum Gasteiger partial charge on any atom is -0.378 e. The van der Waals surface area contributed by atoms with Crippen LogP contribution in [0.25, 0.3) is 6.20 Å². The number of nitrogens with zero attached hydrogens (tertiary/aromatic N) is 3. The Balaban J connectivity index is 1.97. The molecule has 21 heavy (non-hydrogen) atoms. The summed E-state index contributed by atoms with van der Waals surface area (Å²) < 4.78 is 1.90. The molecular formula is C16H23N5. The van der Waals surface area contributed by atoms with Crippen molar-refractivity contribution in [3.05, 3.63) is 49.1 Å². The van der Waals surface area contributed by atoms with Crippen molar-refractivity contribution in [2.45, 2.75) is 13.5 Å². The minimum atomic E-state index is 0.665. The third-order valence-electron chi connectivity index (χ3n) is 3.41. The third kappa shape index (κ3) is 3.86. The van der Waals surface area contributed by atoms with Gasteiger partial charge in [-0.25, -0.2) is 4.98 Å². The smallest absolute Gasteiger partial charge is 0.132 e. The Labute approximate surface area is 126 Å². The topological polar surface area (TPSA) is 59.1 Å². The molecule has 0 saturated carbocycles. The van der Waals surface area contributed by atoms with Crippen molar-refractivity contribution in [2.24, 2.45) is 5.73 Å². The summed E-state index contributed by atoms with van der Waals surface area (Å²) in [5.41, 5.74) is 7.90. The van der Waals surface area contributed by atoms with Gasteiger partial charge in [0.2, 0.25) is 0 Å². The highest BCUT2D eigenvalue weighted by Gasteiger charge is 2.04. The lowest BCUT2D eigenvalue weighted by molar-refractivity contribution is 0.817. The summed E-state index contributed by atoms with van der Waals surface area (Å²) in [5.74, 6) is 0.937. The normalized spacial score (nSPS) is 10.4. The largest absolute Gasteiger partial charge is 0.378 e. The Morgan fingerprint density at radius 2 is 2.14 bits per heavy atom. The van der Waals surface area contributed by atoms with Gasteiger partial charge in [-0.3, -0.25) is 0 Å². The quantitative estimate of drug-likeness (QED) is 0.782. The molecule has 0 unspecified atom stereocenters. The molecule has 5 nitrogen and oxygen atoms in total. The van der Waals surface area contributed by atoms with E-state index in [1.54, 1.807) is 12.4 Å². The number of nitrogens with one attached hydrogen (secondary N) is 1. The van der Waals surface area contributed by atoms with E-state index in [0.717, 1.165) is 24.6 Å². The fourth-order valence-corrected chi connectivity index (χ4v) is 2.24. The van der Waals surface area contributed by atoms with E-state index in [0.29, 0.717) is 13.1 Å². The molecule has 2 rings (SSSR count). The standard InChI is InChI=1S/C16H23N5/c1-3-20(11-9-17)15-7-5-14(6-8-15)19-13-16-18-10-12-21(16)4-2/h4-8,10,12,19H,2-3,9,11,13,17H2,1H3. The van der Waals surface area contributed by atoms with E-state index in [2.05, 4.69) is 53.0 Å². The van der Waals surface area contributed by atoms with Crippen molar-refractivity contribution in [1.29, 1.82) is 0 Å². The summed E-state index contributed by atoms with van der Waals surface area (Å²) in [6, 6.07) is 8.38. The number of hydrogen-bond acceptors (Lipinski definition) is 4. The SMILES string of the molecule is C=Cn1ccnc1CNc1ccc(N(CC)CCN)cc1. The first kappa shape index (κ1) is 15.1. The second kappa shape index (κ2) is 7.50. The van der Waals surface area contributed by atoms with E-state index in [-0.39, 0.29) is 0 Å². The molecule has 5 heteroatoms. The molecule has 0 fully saturated rings. The molecule has 0 bridgehead atoms. The van der Waals surface area contributed by atoms with Crippen molar-refractivity contribution in [3.8, 4) is 0 Å². The van der Waals surface area contributed by atoms with Crippen LogP contribution in [0, 0.1) is 0 Å². The maximum Gasteiger partial charge on any atom is 0.132 e. The fourth-order valence-electron chi connectivity index (χ4n) is 2.24. The molecule has 0 aliphatic rings. The first-order valence-electron chi connectivity index (χ1n) is 7.21. The molecule has 1 aromatic carbocycles. The van der Waals surface area contributed by atoms with E-state index in [9.17, 15) is 0 Å². The average Bonchev–Trinajstić information content (AvgIpc) is 2.99. The molecule has 1 aromatic heterocycles. The van der Waals surface area contributed by atoms with Gasteiger partial charge in [-0.05, 0) is 31.2 Å². The Morgan fingerprint density at radius 3 is 2.76 bits per heavy atom. The van der Waals surface area contributed by atoms with Crippen molar-refractivity contribution in [3.63, 3.8) is 0 Å². The van der Waals surface area contributed by atoms with Gasteiger partial charge in [-0.1, -0.05) is 6.58 Å². The molecule has 0 radical (unpaired) electrons. The molecule has 1 heterocycles. The van der Waals surface area contributed by atoms with Crippen LogP contribution in [0.2, 0.25) is 0 Å². The van der Waals surface area contributed by atoms with Crippen LogP contribution in [0.1, 0.15) is 12.7 Å². The van der Waals surface area contributed by atoms with Gasteiger partial charge in [0.25, 0.3) is 0 Å². The Morgan fingerprint density at radius 1 is 1.38 bits per heavy atom. The molecule has 112 valence electrons. The molecule has 0 aliphatic carbocycles. The molecular weight excluding hydrogens is 262 g/mol. The van der Waals surface area contributed by atoms with E-state index >= 15 is 0 Å². The highest BCUT2D eigenvalue weighted by molar-refractivity contribution is 5.55. The van der Waals surface area contributed by atoms with Crippen LogP contribution < -0.4 is 16.0 Å². The van der Waals surface area contributed by atoms with Gasteiger partial charge < -0.3 is 20.5 Å². The Bertz CT molecular complexity index is 558. The van der Waals surface area contributed by atoms with Crippen LogP contribution in [-0.4, -0.2) is 29.2 Å². The summed E-state index contributed by atoms with van der Waals surface area (Å²) in [6.07, 6.45) is 5.41. The molecule has 0 atom stereocenters. The van der Waals surface area contributed by atoms with Crippen LogP contribution in [0.15, 0.2) is 43.2 Å². The molecule has 0 amide bonds. The van der Waals surface area contributed by atoms with E-state index in [1.807, 2.05) is 10.8 Å². The van der Waals surface area contributed by atoms with Crippen molar-refractivity contribution in [1.82, 2.24) is 9.55 Å². The van der Waals surface area contributed by atoms with E-state index in [1.165, 1.54) is 5.69 Å². The molecule has 0 spiro atoms. The van der Waals surface area contributed by atoms with E-state index < -0.39 is 0 Å². The maximum absolute atomic E-state index is 5.63. The first-order chi connectivity index (χ1) is 10.3. The van der Waals surface area contributed by atoms with Crippen molar-refractivity contribution in [2.75, 3.05) is 29.9 Å². The third-order valence-corrected chi connectivity index (χ3v) is 3.41. The Kier molecular flexibility index (Phi) is 5.40. The summed E-state index contributed by atoms with van der Waals surface area (Å²) in [5, 5.41) is 3.36. The highest BCUT2D eigenvalue weighted by atomic mass is 15.1. The van der Waals surface area contributed by atoms with Gasteiger partial charge in [0.15, 0.2) is 0 Å². The van der Waals surface area contributed by atoms with Crippen molar-refractivity contribution >= 4 is 17.6 Å². The van der Waals surface area contributed by atoms with Crippen LogP contribution in [-0.2, 0) is 6.54 Å². The lowest BCUT2D eigenvalue weighted by atomic mass is 10.2. The number of imidazole rings is 1. The number of hydrogen-bond donors (Lipinski definition) is 2. The van der Waals surface area contributed by atoms with Gasteiger partial charge in [-0.15, -0.1) is 0 Å². The van der Waals surface area contributed by atoms with Crippen LogP contribution in [0.4, 0.5) is 11.4 Å². The second-order valence-electron chi connectivity index (χ2n) is 4.70. The zero-order chi connectivity index (χ0) is 15.1.